The van der Waals surface area contributed by atoms with Gasteiger partial charge in [0.15, 0.2) is 6.61 Å². The Morgan fingerprint density at radius 1 is 0.853 bits per heavy atom. The molecule has 1 heterocycles. The van der Waals surface area contributed by atoms with Crippen LogP contribution in [0.3, 0.4) is 0 Å². The smallest absolute Gasteiger partial charge is 0.262 e. The molecule has 3 aromatic rings. The van der Waals surface area contributed by atoms with E-state index in [0.717, 1.165) is 5.69 Å². The van der Waals surface area contributed by atoms with Gasteiger partial charge in [0.2, 0.25) is 0 Å². The summed E-state index contributed by atoms with van der Waals surface area (Å²) >= 11 is 17.9. The Labute approximate surface area is 213 Å². The van der Waals surface area contributed by atoms with Crippen LogP contribution in [0.25, 0.3) is 0 Å². The van der Waals surface area contributed by atoms with Gasteiger partial charge in [0.1, 0.15) is 5.75 Å². The van der Waals surface area contributed by atoms with Gasteiger partial charge in [0.05, 0.1) is 16.4 Å². The SMILES string of the molecule is O=C(COc1ccc(Cl)cc1Cl)Nc1ccccc1N1CCN(C(=O)c2ccc(Cl)cc2)CC1. The predicted molar refractivity (Wildman–Crippen MR) is 137 cm³/mol. The number of benzene rings is 3. The van der Waals surface area contributed by atoms with Gasteiger partial charge in [0, 0.05) is 41.8 Å². The standard InChI is InChI=1S/C25H22Cl3N3O3/c26-18-7-5-17(6-8-18)25(33)31-13-11-30(12-14-31)22-4-2-1-3-21(22)29-24(32)16-34-23-10-9-19(27)15-20(23)28/h1-10,15H,11-14,16H2,(H,29,32). The van der Waals surface area contributed by atoms with E-state index in [4.69, 9.17) is 39.5 Å². The molecule has 4 rings (SSSR count). The third kappa shape index (κ3) is 5.95. The van der Waals surface area contributed by atoms with Gasteiger partial charge in [-0.05, 0) is 54.6 Å². The van der Waals surface area contributed by atoms with Gasteiger partial charge >= 0.3 is 0 Å². The second kappa shape index (κ2) is 11.0. The summed E-state index contributed by atoms with van der Waals surface area (Å²) in [5.41, 5.74) is 2.18. The number of para-hydroxylation sites is 2. The van der Waals surface area contributed by atoms with Gasteiger partial charge in [-0.1, -0.05) is 46.9 Å². The molecule has 0 radical (unpaired) electrons. The predicted octanol–water partition coefficient (Wildman–Crippen LogP) is 5.63. The average molecular weight is 519 g/mol. The van der Waals surface area contributed by atoms with Crippen molar-refractivity contribution in [2.45, 2.75) is 0 Å². The molecule has 9 heteroatoms. The number of hydrogen-bond acceptors (Lipinski definition) is 4. The Hall–Kier alpha value is -2.93. The average Bonchev–Trinajstić information content (AvgIpc) is 2.84. The van der Waals surface area contributed by atoms with Crippen LogP contribution >= 0.6 is 34.8 Å². The molecule has 0 bridgehead atoms. The van der Waals surface area contributed by atoms with E-state index in [-0.39, 0.29) is 18.4 Å². The van der Waals surface area contributed by atoms with Crippen molar-refractivity contribution >= 4 is 58.0 Å². The molecule has 0 aliphatic carbocycles. The van der Waals surface area contributed by atoms with E-state index in [1.54, 1.807) is 42.5 Å². The molecule has 1 N–H and O–H groups in total. The first-order valence-electron chi connectivity index (χ1n) is 10.7. The van der Waals surface area contributed by atoms with Crippen molar-refractivity contribution in [1.82, 2.24) is 4.90 Å². The second-order valence-electron chi connectivity index (χ2n) is 7.71. The lowest BCUT2D eigenvalue weighted by molar-refractivity contribution is -0.118. The maximum absolute atomic E-state index is 12.8. The van der Waals surface area contributed by atoms with Crippen molar-refractivity contribution < 1.29 is 14.3 Å². The number of hydrogen-bond donors (Lipinski definition) is 1. The Balaban J connectivity index is 1.35. The minimum Gasteiger partial charge on any atom is -0.482 e. The van der Waals surface area contributed by atoms with E-state index >= 15 is 0 Å². The first-order chi connectivity index (χ1) is 16.4. The maximum Gasteiger partial charge on any atom is 0.262 e. The number of carbonyl (C=O) groups excluding carboxylic acids is 2. The zero-order valence-electron chi connectivity index (χ0n) is 18.1. The Kier molecular flexibility index (Phi) is 7.83. The minimum absolute atomic E-state index is 0.0177. The zero-order chi connectivity index (χ0) is 24.1. The summed E-state index contributed by atoms with van der Waals surface area (Å²) in [6.45, 7) is 2.23. The van der Waals surface area contributed by atoms with Gasteiger partial charge in [-0.15, -0.1) is 0 Å². The Morgan fingerprint density at radius 3 is 2.24 bits per heavy atom. The van der Waals surface area contributed by atoms with Crippen LogP contribution in [-0.4, -0.2) is 49.5 Å². The molecule has 6 nitrogen and oxygen atoms in total. The summed E-state index contributed by atoms with van der Waals surface area (Å²) in [7, 11) is 0. The number of ether oxygens (including phenoxy) is 1. The van der Waals surface area contributed by atoms with Crippen LogP contribution in [0, 0.1) is 0 Å². The topological polar surface area (TPSA) is 61.9 Å². The normalized spacial score (nSPS) is 13.5. The van der Waals surface area contributed by atoms with Crippen LogP contribution in [0.2, 0.25) is 15.1 Å². The number of halogens is 3. The molecular formula is C25H22Cl3N3O3. The lowest BCUT2D eigenvalue weighted by Gasteiger charge is -2.37. The minimum atomic E-state index is -0.310. The molecule has 1 aliphatic rings. The van der Waals surface area contributed by atoms with Crippen LogP contribution in [0.5, 0.6) is 5.75 Å². The van der Waals surface area contributed by atoms with Gasteiger partial charge in [0.25, 0.3) is 11.8 Å². The van der Waals surface area contributed by atoms with E-state index in [1.165, 1.54) is 0 Å². The monoisotopic (exact) mass is 517 g/mol. The van der Waals surface area contributed by atoms with Gasteiger partial charge < -0.3 is 19.9 Å². The van der Waals surface area contributed by atoms with E-state index < -0.39 is 0 Å². The molecule has 2 amide bonds. The fourth-order valence-corrected chi connectivity index (χ4v) is 4.29. The highest BCUT2D eigenvalue weighted by atomic mass is 35.5. The highest BCUT2D eigenvalue weighted by Gasteiger charge is 2.24. The molecular weight excluding hydrogens is 497 g/mol. The van der Waals surface area contributed by atoms with Crippen molar-refractivity contribution in [2.24, 2.45) is 0 Å². The number of carbonyl (C=O) groups is 2. The summed E-state index contributed by atoms with van der Waals surface area (Å²) in [4.78, 5) is 29.3. The first-order valence-corrected chi connectivity index (χ1v) is 11.8. The number of piperazine rings is 1. The molecule has 176 valence electrons. The number of amides is 2. The van der Waals surface area contributed by atoms with E-state index in [0.29, 0.717) is 58.2 Å². The molecule has 0 spiro atoms. The maximum atomic E-state index is 12.8. The fourth-order valence-electron chi connectivity index (χ4n) is 3.70. The van der Waals surface area contributed by atoms with Crippen LogP contribution < -0.4 is 15.0 Å². The molecule has 0 saturated carbocycles. The fraction of sp³-hybridized carbons (Fsp3) is 0.200. The van der Waals surface area contributed by atoms with Crippen molar-refractivity contribution in [2.75, 3.05) is 43.0 Å². The first kappa shape index (κ1) is 24.2. The Morgan fingerprint density at radius 2 is 1.53 bits per heavy atom. The molecule has 0 atom stereocenters. The zero-order valence-corrected chi connectivity index (χ0v) is 20.4. The number of nitrogens with zero attached hydrogens (tertiary/aromatic N) is 2. The molecule has 1 saturated heterocycles. The summed E-state index contributed by atoms with van der Waals surface area (Å²) in [5, 5.41) is 4.34. The largest absolute Gasteiger partial charge is 0.482 e. The van der Waals surface area contributed by atoms with Crippen LogP contribution in [-0.2, 0) is 4.79 Å². The van der Waals surface area contributed by atoms with Crippen LogP contribution in [0.1, 0.15) is 10.4 Å². The molecule has 0 aromatic heterocycles. The van der Waals surface area contributed by atoms with Crippen LogP contribution in [0.4, 0.5) is 11.4 Å². The van der Waals surface area contributed by atoms with E-state index in [9.17, 15) is 9.59 Å². The Bertz CT molecular complexity index is 1180. The van der Waals surface area contributed by atoms with E-state index in [1.807, 2.05) is 29.2 Å². The van der Waals surface area contributed by atoms with Crippen molar-refractivity contribution in [1.29, 1.82) is 0 Å². The third-order valence-electron chi connectivity index (χ3n) is 5.43. The van der Waals surface area contributed by atoms with Crippen molar-refractivity contribution in [3.8, 4) is 5.75 Å². The molecule has 3 aromatic carbocycles. The summed E-state index contributed by atoms with van der Waals surface area (Å²) in [6, 6.07) is 19.3. The molecule has 1 aliphatic heterocycles. The molecule has 34 heavy (non-hydrogen) atoms. The van der Waals surface area contributed by atoms with Crippen molar-refractivity contribution in [3.63, 3.8) is 0 Å². The van der Waals surface area contributed by atoms with Gasteiger partial charge in [-0.2, -0.15) is 0 Å². The number of rotatable bonds is 6. The molecule has 0 unspecified atom stereocenters. The van der Waals surface area contributed by atoms with Gasteiger partial charge in [-0.25, -0.2) is 0 Å². The highest BCUT2D eigenvalue weighted by molar-refractivity contribution is 6.35. The van der Waals surface area contributed by atoms with Crippen molar-refractivity contribution in [3.05, 3.63) is 87.4 Å². The lowest BCUT2D eigenvalue weighted by Crippen LogP contribution is -2.49. The number of nitrogens with one attached hydrogen (secondary N) is 1. The summed E-state index contributed by atoms with van der Waals surface area (Å²) < 4.78 is 5.53. The lowest BCUT2D eigenvalue weighted by atomic mass is 10.1. The third-order valence-corrected chi connectivity index (χ3v) is 6.21. The summed E-state index contributed by atoms with van der Waals surface area (Å²) in [6.07, 6.45) is 0. The van der Waals surface area contributed by atoms with Crippen LogP contribution in [0.15, 0.2) is 66.7 Å². The van der Waals surface area contributed by atoms with Gasteiger partial charge in [-0.3, -0.25) is 9.59 Å². The quantitative estimate of drug-likeness (QED) is 0.460. The highest BCUT2D eigenvalue weighted by Crippen LogP contribution is 2.29. The second-order valence-corrected chi connectivity index (χ2v) is 8.99. The van der Waals surface area contributed by atoms with E-state index in [2.05, 4.69) is 10.2 Å². The summed E-state index contributed by atoms with van der Waals surface area (Å²) in [5.74, 6) is 0.0573. The molecule has 1 fully saturated rings. The number of anilines is 2.